The van der Waals surface area contributed by atoms with Crippen LogP contribution in [-0.2, 0) is 26.2 Å². The molecular formula is C30H37N3O4S. The fourth-order valence-electron chi connectivity index (χ4n) is 3.96. The quantitative estimate of drug-likeness (QED) is 0.386. The van der Waals surface area contributed by atoms with Crippen LogP contribution in [0.5, 0.6) is 0 Å². The summed E-state index contributed by atoms with van der Waals surface area (Å²) in [6, 6.07) is 22.1. The molecule has 0 aromatic heterocycles. The molecule has 0 saturated carbocycles. The molecule has 7 nitrogen and oxygen atoms in total. The van der Waals surface area contributed by atoms with Gasteiger partial charge >= 0.3 is 0 Å². The lowest BCUT2D eigenvalue weighted by Gasteiger charge is -2.32. The van der Waals surface area contributed by atoms with Crippen LogP contribution in [0.15, 0.2) is 83.8 Å². The number of sulfonamides is 1. The first-order valence-electron chi connectivity index (χ1n) is 12.8. The van der Waals surface area contributed by atoms with Crippen LogP contribution in [0.1, 0.15) is 37.5 Å². The predicted molar refractivity (Wildman–Crippen MR) is 151 cm³/mol. The van der Waals surface area contributed by atoms with E-state index >= 15 is 0 Å². The van der Waals surface area contributed by atoms with Gasteiger partial charge in [0.1, 0.15) is 12.6 Å². The van der Waals surface area contributed by atoms with Crippen molar-refractivity contribution in [3.63, 3.8) is 0 Å². The zero-order valence-electron chi connectivity index (χ0n) is 22.7. The molecule has 0 aliphatic rings. The Bertz CT molecular complexity index is 1340. The highest BCUT2D eigenvalue weighted by molar-refractivity contribution is 7.92. The van der Waals surface area contributed by atoms with E-state index in [1.807, 2.05) is 64.1 Å². The number of nitrogens with zero attached hydrogens (tertiary/aromatic N) is 2. The first-order valence-corrected chi connectivity index (χ1v) is 14.2. The molecule has 2 amide bonds. The van der Waals surface area contributed by atoms with Crippen LogP contribution in [0.3, 0.4) is 0 Å². The molecule has 3 aromatic carbocycles. The highest BCUT2D eigenvalue weighted by Crippen LogP contribution is 2.25. The van der Waals surface area contributed by atoms with Crippen LogP contribution in [0.25, 0.3) is 0 Å². The number of anilines is 1. The van der Waals surface area contributed by atoms with Crippen molar-refractivity contribution in [2.24, 2.45) is 5.92 Å². The van der Waals surface area contributed by atoms with Crippen LogP contribution in [-0.4, -0.2) is 44.3 Å². The number of hydrogen-bond donors (Lipinski definition) is 1. The SMILES string of the molecule is Cc1ccc(S(=O)(=O)N(CC(=O)N(Cc2ccccc2)[C@@H](C)C(=O)NCC(C)C)c2cccc(C)c2)cc1. The Morgan fingerprint density at radius 3 is 2.11 bits per heavy atom. The molecule has 0 aliphatic carbocycles. The summed E-state index contributed by atoms with van der Waals surface area (Å²) in [5.74, 6) is -0.509. The van der Waals surface area contributed by atoms with Gasteiger partial charge in [-0.25, -0.2) is 8.42 Å². The summed E-state index contributed by atoms with van der Waals surface area (Å²) in [7, 11) is -4.07. The standard InChI is InChI=1S/C30H37N3O4S/c1-22(2)19-31-30(35)25(5)32(20-26-11-7-6-8-12-26)29(34)21-33(27-13-9-10-24(4)18-27)38(36,37)28-16-14-23(3)15-17-28/h6-18,22,25H,19-21H2,1-5H3,(H,31,35)/t25-/m0/s1. The van der Waals surface area contributed by atoms with Gasteiger partial charge in [0.05, 0.1) is 10.6 Å². The highest BCUT2D eigenvalue weighted by atomic mass is 32.2. The van der Waals surface area contributed by atoms with Gasteiger partial charge in [-0.3, -0.25) is 13.9 Å². The maximum Gasteiger partial charge on any atom is 0.264 e. The van der Waals surface area contributed by atoms with Crippen LogP contribution in [0.2, 0.25) is 0 Å². The molecule has 3 aromatic rings. The molecule has 0 fully saturated rings. The molecule has 202 valence electrons. The van der Waals surface area contributed by atoms with Crippen LogP contribution in [0.4, 0.5) is 5.69 Å². The van der Waals surface area contributed by atoms with E-state index in [0.29, 0.717) is 12.2 Å². The van der Waals surface area contributed by atoms with E-state index in [-0.39, 0.29) is 23.3 Å². The molecule has 0 radical (unpaired) electrons. The van der Waals surface area contributed by atoms with E-state index in [0.717, 1.165) is 21.0 Å². The second-order valence-corrected chi connectivity index (χ2v) is 11.8. The Hall–Kier alpha value is -3.65. The van der Waals surface area contributed by atoms with Gasteiger partial charge in [-0.2, -0.15) is 0 Å². The minimum Gasteiger partial charge on any atom is -0.354 e. The summed E-state index contributed by atoms with van der Waals surface area (Å²) in [5, 5.41) is 2.89. The third-order valence-corrected chi connectivity index (χ3v) is 8.01. The number of hydrogen-bond acceptors (Lipinski definition) is 4. The number of carbonyl (C=O) groups excluding carboxylic acids is 2. The summed E-state index contributed by atoms with van der Waals surface area (Å²) < 4.78 is 28.8. The molecule has 0 saturated heterocycles. The van der Waals surface area contributed by atoms with Crippen molar-refractivity contribution >= 4 is 27.5 Å². The lowest BCUT2D eigenvalue weighted by atomic mass is 10.1. The van der Waals surface area contributed by atoms with Crippen molar-refractivity contribution < 1.29 is 18.0 Å². The maximum absolute atomic E-state index is 13.9. The zero-order valence-corrected chi connectivity index (χ0v) is 23.5. The summed E-state index contributed by atoms with van der Waals surface area (Å²) in [4.78, 5) is 28.4. The lowest BCUT2D eigenvalue weighted by molar-refractivity contribution is -0.139. The van der Waals surface area contributed by atoms with Crippen molar-refractivity contribution in [3.8, 4) is 0 Å². The summed E-state index contributed by atoms with van der Waals surface area (Å²) >= 11 is 0. The van der Waals surface area contributed by atoms with Gasteiger partial charge in [0.25, 0.3) is 10.0 Å². The minimum absolute atomic E-state index is 0.0924. The van der Waals surface area contributed by atoms with Crippen molar-refractivity contribution in [1.29, 1.82) is 0 Å². The molecule has 0 aliphatic heterocycles. The third kappa shape index (κ3) is 7.44. The third-order valence-electron chi connectivity index (χ3n) is 6.23. The van der Waals surface area contributed by atoms with Gasteiger partial charge in [0, 0.05) is 13.1 Å². The molecule has 0 bridgehead atoms. The largest absolute Gasteiger partial charge is 0.354 e. The zero-order chi connectivity index (χ0) is 27.9. The van der Waals surface area contributed by atoms with Gasteiger partial charge in [-0.15, -0.1) is 0 Å². The average Bonchev–Trinajstić information content (AvgIpc) is 2.89. The number of carbonyl (C=O) groups is 2. The molecule has 38 heavy (non-hydrogen) atoms. The van der Waals surface area contributed by atoms with Crippen molar-refractivity contribution in [2.45, 2.75) is 52.1 Å². The van der Waals surface area contributed by atoms with E-state index in [9.17, 15) is 18.0 Å². The van der Waals surface area contributed by atoms with Crippen molar-refractivity contribution in [3.05, 3.63) is 95.6 Å². The van der Waals surface area contributed by atoms with E-state index in [1.54, 1.807) is 49.4 Å². The Labute approximate surface area is 226 Å². The van der Waals surface area contributed by atoms with Gasteiger partial charge < -0.3 is 10.2 Å². The molecule has 0 heterocycles. The Kier molecular flexibility index (Phi) is 9.69. The number of nitrogens with one attached hydrogen (secondary N) is 1. The monoisotopic (exact) mass is 535 g/mol. The molecule has 0 spiro atoms. The van der Waals surface area contributed by atoms with Gasteiger partial charge in [-0.1, -0.05) is 74.0 Å². The summed E-state index contributed by atoms with van der Waals surface area (Å²) in [6.07, 6.45) is 0. The smallest absolute Gasteiger partial charge is 0.264 e. The van der Waals surface area contributed by atoms with E-state index in [4.69, 9.17) is 0 Å². The number of amides is 2. The Morgan fingerprint density at radius 1 is 0.842 bits per heavy atom. The van der Waals surface area contributed by atoms with Gasteiger partial charge in [0.15, 0.2) is 0 Å². The van der Waals surface area contributed by atoms with Crippen molar-refractivity contribution in [1.82, 2.24) is 10.2 Å². The van der Waals surface area contributed by atoms with Gasteiger partial charge in [0.2, 0.25) is 11.8 Å². The fraction of sp³-hybridized carbons (Fsp3) is 0.333. The summed E-state index contributed by atoms with van der Waals surface area (Å²) in [5.41, 5.74) is 3.02. The number of rotatable bonds is 11. The highest BCUT2D eigenvalue weighted by Gasteiger charge is 2.32. The molecule has 8 heteroatoms. The maximum atomic E-state index is 13.9. The molecule has 0 unspecified atom stereocenters. The lowest BCUT2D eigenvalue weighted by Crippen LogP contribution is -2.51. The number of aryl methyl sites for hydroxylation is 2. The minimum atomic E-state index is -4.07. The molecule has 3 rings (SSSR count). The Balaban J connectivity index is 2.00. The fourth-order valence-corrected chi connectivity index (χ4v) is 5.37. The van der Waals surface area contributed by atoms with Gasteiger partial charge in [-0.05, 0) is 62.1 Å². The Morgan fingerprint density at radius 2 is 1.50 bits per heavy atom. The van der Waals surface area contributed by atoms with E-state index in [2.05, 4.69) is 5.32 Å². The second-order valence-electron chi connectivity index (χ2n) is 9.99. The molecule has 1 N–H and O–H groups in total. The van der Waals surface area contributed by atoms with E-state index in [1.165, 1.54) is 4.90 Å². The number of benzene rings is 3. The van der Waals surface area contributed by atoms with Crippen molar-refractivity contribution in [2.75, 3.05) is 17.4 Å². The topological polar surface area (TPSA) is 86.8 Å². The first-order chi connectivity index (χ1) is 18.0. The van der Waals surface area contributed by atoms with Crippen LogP contribution < -0.4 is 9.62 Å². The second kappa shape index (κ2) is 12.7. The molecule has 1 atom stereocenters. The molecular weight excluding hydrogens is 498 g/mol. The van der Waals surface area contributed by atoms with Crippen LogP contribution >= 0.6 is 0 Å². The summed E-state index contributed by atoms with van der Waals surface area (Å²) in [6.45, 7) is 9.60. The first kappa shape index (κ1) is 28.9. The van der Waals surface area contributed by atoms with Crippen LogP contribution in [0, 0.1) is 19.8 Å². The normalized spacial score (nSPS) is 12.2. The predicted octanol–water partition coefficient (Wildman–Crippen LogP) is 4.69. The average molecular weight is 536 g/mol. The van der Waals surface area contributed by atoms with E-state index < -0.39 is 28.5 Å².